The van der Waals surface area contributed by atoms with E-state index in [-0.39, 0.29) is 5.75 Å². The highest BCUT2D eigenvalue weighted by Gasteiger charge is 2.16. The molecule has 4 aromatic rings. The summed E-state index contributed by atoms with van der Waals surface area (Å²) >= 11 is 0. The lowest BCUT2D eigenvalue weighted by Crippen LogP contribution is -1.94. The van der Waals surface area contributed by atoms with Crippen LogP contribution in [-0.4, -0.2) is 21.5 Å². The SMILES string of the molecule is CNc1c(-c2cc3cc(O)ccc3o2)nc2ccccn12. The number of pyridine rings is 1. The van der Waals surface area contributed by atoms with Gasteiger partial charge in [-0.1, -0.05) is 6.07 Å². The topological polar surface area (TPSA) is 62.7 Å². The lowest BCUT2D eigenvalue weighted by atomic mass is 10.2. The van der Waals surface area contributed by atoms with Gasteiger partial charge in [-0.05, 0) is 36.4 Å². The molecule has 104 valence electrons. The average molecular weight is 279 g/mol. The first-order valence-corrected chi connectivity index (χ1v) is 6.64. The Labute approximate surface area is 120 Å². The summed E-state index contributed by atoms with van der Waals surface area (Å²) in [6, 6.07) is 12.8. The summed E-state index contributed by atoms with van der Waals surface area (Å²) in [6.45, 7) is 0. The number of phenols is 1. The third-order valence-corrected chi connectivity index (χ3v) is 3.50. The summed E-state index contributed by atoms with van der Waals surface area (Å²) in [5.74, 6) is 1.76. The maximum Gasteiger partial charge on any atom is 0.157 e. The maximum absolute atomic E-state index is 9.55. The lowest BCUT2D eigenvalue weighted by molar-refractivity contribution is 0.476. The number of nitrogens with one attached hydrogen (secondary N) is 1. The Balaban J connectivity index is 1.99. The van der Waals surface area contributed by atoms with Crippen molar-refractivity contribution in [1.82, 2.24) is 9.38 Å². The molecule has 0 saturated heterocycles. The van der Waals surface area contributed by atoms with Gasteiger partial charge in [-0.2, -0.15) is 0 Å². The number of aromatic nitrogens is 2. The number of rotatable bonds is 2. The van der Waals surface area contributed by atoms with Gasteiger partial charge in [0.15, 0.2) is 5.76 Å². The summed E-state index contributed by atoms with van der Waals surface area (Å²) in [4.78, 5) is 4.62. The fourth-order valence-corrected chi connectivity index (χ4v) is 2.55. The van der Waals surface area contributed by atoms with E-state index in [1.165, 1.54) is 0 Å². The highest BCUT2D eigenvalue weighted by atomic mass is 16.3. The average Bonchev–Trinajstić information content (AvgIpc) is 3.06. The van der Waals surface area contributed by atoms with Gasteiger partial charge in [0, 0.05) is 18.6 Å². The first-order valence-electron chi connectivity index (χ1n) is 6.64. The van der Waals surface area contributed by atoms with E-state index >= 15 is 0 Å². The van der Waals surface area contributed by atoms with Crippen LogP contribution in [0, 0.1) is 0 Å². The standard InChI is InChI=1S/C16H13N3O2/c1-17-16-15(18-14-4-2-3-7-19(14)16)13-9-10-8-11(20)5-6-12(10)21-13/h2-9,17,20H,1H3. The number of aromatic hydroxyl groups is 1. The number of hydrogen-bond donors (Lipinski definition) is 2. The van der Waals surface area contributed by atoms with Crippen LogP contribution in [0.2, 0.25) is 0 Å². The molecule has 0 saturated carbocycles. The number of hydrogen-bond acceptors (Lipinski definition) is 4. The molecular formula is C16H13N3O2. The molecule has 0 fully saturated rings. The van der Waals surface area contributed by atoms with Gasteiger partial charge in [-0.3, -0.25) is 4.40 Å². The molecule has 0 radical (unpaired) electrons. The molecule has 5 heteroatoms. The summed E-state index contributed by atoms with van der Waals surface area (Å²) in [6.07, 6.45) is 1.95. The van der Waals surface area contributed by atoms with Gasteiger partial charge in [0.1, 0.15) is 28.5 Å². The summed E-state index contributed by atoms with van der Waals surface area (Å²) in [7, 11) is 1.86. The monoisotopic (exact) mass is 279 g/mol. The van der Waals surface area contributed by atoms with Crippen molar-refractivity contribution < 1.29 is 9.52 Å². The number of phenolic OH excluding ortho intramolecular Hbond substituents is 1. The number of anilines is 1. The molecule has 0 spiro atoms. The zero-order valence-corrected chi connectivity index (χ0v) is 11.4. The summed E-state index contributed by atoms with van der Waals surface area (Å²) in [5.41, 5.74) is 2.32. The van der Waals surface area contributed by atoms with Crippen molar-refractivity contribution in [2.75, 3.05) is 12.4 Å². The smallest absolute Gasteiger partial charge is 0.157 e. The Morgan fingerprint density at radius 1 is 1.19 bits per heavy atom. The molecule has 3 heterocycles. The molecule has 0 aliphatic heterocycles. The van der Waals surface area contributed by atoms with E-state index in [0.717, 1.165) is 28.1 Å². The van der Waals surface area contributed by atoms with Crippen LogP contribution >= 0.6 is 0 Å². The van der Waals surface area contributed by atoms with E-state index in [4.69, 9.17) is 4.42 Å². The number of furan rings is 1. The van der Waals surface area contributed by atoms with Crippen molar-refractivity contribution in [3.05, 3.63) is 48.7 Å². The molecule has 0 aliphatic rings. The Morgan fingerprint density at radius 2 is 2.10 bits per heavy atom. The van der Waals surface area contributed by atoms with Crippen LogP contribution in [0.3, 0.4) is 0 Å². The molecule has 2 N–H and O–H groups in total. The van der Waals surface area contributed by atoms with E-state index in [1.54, 1.807) is 18.2 Å². The predicted octanol–water partition coefficient (Wildman–Crippen LogP) is 3.49. The van der Waals surface area contributed by atoms with Gasteiger partial charge in [-0.25, -0.2) is 4.98 Å². The number of fused-ring (bicyclic) bond motifs is 2. The molecule has 4 rings (SSSR count). The Bertz CT molecular complexity index is 953. The van der Waals surface area contributed by atoms with Crippen molar-refractivity contribution in [1.29, 1.82) is 0 Å². The Kier molecular flexibility index (Phi) is 2.41. The van der Waals surface area contributed by atoms with Crippen molar-refractivity contribution >= 4 is 22.4 Å². The maximum atomic E-state index is 9.55. The van der Waals surface area contributed by atoms with Crippen LogP contribution in [-0.2, 0) is 0 Å². The van der Waals surface area contributed by atoms with Gasteiger partial charge in [-0.15, -0.1) is 0 Å². The fourth-order valence-electron chi connectivity index (χ4n) is 2.55. The van der Waals surface area contributed by atoms with Gasteiger partial charge in [0.05, 0.1) is 0 Å². The molecular weight excluding hydrogens is 266 g/mol. The minimum atomic E-state index is 0.221. The van der Waals surface area contributed by atoms with E-state index in [2.05, 4.69) is 10.3 Å². The summed E-state index contributed by atoms with van der Waals surface area (Å²) in [5, 5.41) is 13.6. The van der Waals surface area contributed by atoms with Crippen LogP contribution in [0.25, 0.3) is 28.1 Å². The normalized spacial score (nSPS) is 11.3. The first kappa shape index (κ1) is 11.8. The molecule has 1 aromatic carbocycles. The van der Waals surface area contributed by atoms with Gasteiger partial charge < -0.3 is 14.8 Å². The molecule has 0 bridgehead atoms. The minimum Gasteiger partial charge on any atom is -0.508 e. The van der Waals surface area contributed by atoms with Crippen LogP contribution in [0.5, 0.6) is 5.75 Å². The second kappa shape index (κ2) is 4.28. The molecule has 0 atom stereocenters. The quantitative estimate of drug-likeness (QED) is 0.589. The zero-order valence-electron chi connectivity index (χ0n) is 11.4. The van der Waals surface area contributed by atoms with Gasteiger partial charge >= 0.3 is 0 Å². The van der Waals surface area contributed by atoms with E-state index in [1.807, 2.05) is 41.9 Å². The largest absolute Gasteiger partial charge is 0.508 e. The number of nitrogens with zero attached hydrogens (tertiary/aromatic N) is 2. The third-order valence-electron chi connectivity index (χ3n) is 3.50. The van der Waals surface area contributed by atoms with E-state index < -0.39 is 0 Å². The molecule has 0 amide bonds. The Morgan fingerprint density at radius 3 is 2.95 bits per heavy atom. The molecule has 0 aliphatic carbocycles. The molecule has 21 heavy (non-hydrogen) atoms. The summed E-state index contributed by atoms with van der Waals surface area (Å²) < 4.78 is 7.83. The van der Waals surface area contributed by atoms with Crippen molar-refractivity contribution in [3.63, 3.8) is 0 Å². The zero-order chi connectivity index (χ0) is 14.4. The van der Waals surface area contributed by atoms with Crippen LogP contribution in [0.1, 0.15) is 0 Å². The highest BCUT2D eigenvalue weighted by Crippen LogP contribution is 2.33. The highest BCUT2D eigenvalue weighted by molar-refractivity contribution is 5.86. The molecule has 5 nitrogen and oxygen atoms in total. The number of benzene rings is 1. The minimum absolute atomic E-state index is 0.221. The van der Waals surface area contributed by atoms with Crippen LogP contribution in [0.4, 0.5) is 5.82 Å². The van der Waals surface area contributed by atoms with Crippen LogP contribution in [0.15, 0.2) is 53.1 Å². The van der Waals surface area contributed by atoms with E-state index in [0.29, 0.717) is 5.76 Å². The second-order valence-corrected chi connectivity index (χ2v) is 4.82. The molecule has 0 unspecified atom stereocenters. The van der Waals surface area contributed by atoms with Crippen molar-refractivity contribution in [2.45, 2.75) is 0 Å². The van der Waals surface area contributed by atoms with Gasteiger partial charge in [0.2, 0.25) is 0 Å². The fraction of sp³-hybridized carbons (Fsp3) is 0.0625. The van der Waals surface area contributed by atoms with Gasteiger partial charge in [0.25, 0.3) is 0 Å². The number of imidazole rings is 1. The first-order chi connectivity index (χ1) is 10.3. The third kappa shape index (κ3) is 1.74. The lowest BCUT2D eigenvalue weighted by Gasteiger charge is -2.01. The predicted molar refractivity (Wildman–Crippen MR) is 81.6 cm³/mol. The second-order valence-electron chi connectivity index (χ2n) is 4.82. The van der Waals surface area contributed by atoms with Crippen molar-refractivity contribution in [2.24, 2.45) is 0 Å². The van der Waals surface area contributed by atoms with E-state index in [9.17, 15) is 5.11 Å². The van der Waals surface area contributed by atoms with Crippen molar-refractivity contribution in [3.8, 4) is 17.2 Å². The Hall–Kier alpha value is -2.95. The molecule has 3 aromatic heterocycles. The van der Waals surface area contributed by atoms with Crippen LogP contribution < -0.4 is 5.32 Å².